The van der Waals surface area contributed by atoms with E-state index in [0.29, 0.717) is 0 Å². The topological polar surface area (TPSA) is 0 Å². The van der Waals surface area contributed by atoms with Gasteiger partial charge in [0.25, 0.3) is 0 Å². The number of hydrogen-bond acceptors (Lipinski definition) is 0. The summed E-state index contributed by atoms with van der Waals surface area (Å²) in [4.78, 5) is 0. The second-order valence-electron chi connectivity index (χ2n) is 6.50. The molecule has 4 rings (SSSR count). The van der Waals surface area contributed by atoms with E-state index in [-0.39, 0.29) is 0 Å². The Hall–Kier alpha value is -3.82. The lowest BCUT2D eigenvalue weighted by atomic mass is 9.86. The Morgan fingerprint density at radius 1 is 0.448 bits per heavy atom. The van der Waals surface area contributed by atoms with Crippen molar-refractivity contribution in [3.63, 3.8) is 0 Å². The molecule has 29 heavy (non-hydrogen) atoms. The second-order valence-corrected chi connectivity index (χ2v) is 6.50. The summed E-state index contributed by atoms with van der Waals surface area (Å²) in [7, 11) is 0. The van der Waals surface area contributed by atoms with E-state index in [1.54, 1.807) is 6.92 Å². The van der Waals surface area contributed by atoms with Crippen molar-refractivity contribution in [3.8, 4) is 12.3 Å². The highest BCUT2D eigenvalue weighted by molar-refractivity contribution is 6.04. The van der Waals surface area contributed by atoms with E-state index >= 15 is 0 Å². The maximum Gasteiger partial charge on any atom is -0.00268 e. The fourth-order valence-electron chi connectivity index (χ4n) is 3.33. The van der Waals surface area contributed by atoms with Gasteiger partial charge in [-0.05, 0) is 40.3 Å². The molecule has 0 nitrogen and oxygen atoms in total. The minimum absolute atomic E-state index is 1.22. The Balaban J connectivity index is 0.000000755. The van der Waals surface area contributed by atoms with Crippen molar-refractivity contribution in [2.75, 3.05) is 0 Å². The van der Waals surface area contributed by atoms with Gasteiger partial charge in [-0.25, -0.2) is 0 Å². The molecule has 0 saturated carbocycles. The average molecular weight is 373 g/mol. The monoisotopic (exact) mass is 372 g/mol. The second kappa shape index (κ2) is 10.5. The van der Waals surface area contributed by atoms with Gasteiger partial charge in [0.15, 0.2) is 0 Å². The molecule has 0 atom stereocenters. The zero-order valence-corrected chi connectivity index (χ0v) is 16.6. The molecule has 4 aromatic rings. The minimum atomic E-state index is 1.22. The first-order chi connectivity index (χ1) is 14.3. The summed E-state index contributed by atoms with van der Waals surface area (Å²) in [6.07, 6.45) is 4.60. The van der Waals surface area contributed by atoms with Gasteiger partial charge in [0, 0.05) is 0 Å². The van der Waals surface area contributed by atoms with Crippen LogP contribution in [0.15, 0.2) is 121 Å². The van der Waals surface area contributed by atoms with E-state index in [9.17, 15) is 0 Å². The van der Waals surface area contributed by atoms with Gasteiger partial charge in [0.2, 0.25) is 0 Å². The Morgan fingerprint density at radius 3 is 0.793 bits per heavy atom. The van der Waals surface area contributed by atoms with Crippen molar-refractivity contribution in [1.29, 1.82) is 0 Å². The molecular formula is C29H24. The van der Waals surface area contributed by atoms with Crippen LogP contribution in [0, 0.1) is 12.3 Å². The highest BCUT2D eigenvalue weighted by Crippen LogP contribution is 2.36. The standard InChI is InChI=1S/C26H20.C3H4/c1-5-13-21(14-6-1)25(22-15-7-2-8-16-22)26(23-17-9-3-10-18-23)24-19-11-4-12-20-24;1-3-2/h1-20H;1H,2H3. The quantitative estimate of drug-likeness (QED) is 0.260. The summed E-state index contributed by atoms with van der Waals surface area (Å²) in [5, 5.41) is 0. The van der Waals surface area contributed by atoms with Crippen LogP contribution in [0.3, 0.4) is 0 Å². The molecule has 0 aromatic heterocycles. The van der Waals surface area contributed by atoms with Crippen molar-refractivity contribution in [2.45, 2.75) is 6.92 Å². The Labute approximate surface area is 174 Å². The molecule has 0 spiro atoms. The molecule has 0 N–H and O–H groups in total. The number of rotatable bonds is 4. The van der Waals surface area contributed by atoms with Crippen LogP contribution in [0.25, 0.3) is 11.1 Å². The maximum atomic E-state index is 4.60. The smallest absolute Gasteiger partial charge is 0.00268 e. The van der Waals surface area contributed by atoms with E-state index in [0.717, 1.165) is 0 Å². The Morgan fingerprint density at radius 2 is 0.621 bits per heavy atom. The van der Waals surface area contributed by atoms with Crippen molar-refractivity contribution in [1.82, 2.24) is 0 Å². The normalized spacial score (nSPS) is 9.52. The SMILES string of the molecule is C#CC.c1ccc(C(=C(c2ccccc2)c2ccccc2)c2ccccc2)cc1. The third-order valence-corrected chi connectivity index (χ3v) is 4.50. The molecule has 0 saturated heterocycles. The van der Waals surface area contributed by atoms with Gasteiger partial charge in [-0.3, -0.25) is 0 Å². The zero-order valence-electron chi connectivity index (χ0n) is 16.6. The molecule has 0 radical (unpaired) electrons. The Bertz CT molecular complexity index is 900. The van der Waals surface area contributed by atoms with Gasteiger partial charge in [-0.15, -0.1) is 12.3 Å². The number of benzene rings is 4. The van der Waals surface area contributed by atoms with E-state index in [2.05, 4.69) is 134 Å². The zero-order chi connectivity index (χ0) is 20.3. The van der Waals surface area contributed by atoms with Crippen LogP contribution in [-0.4, -0.2) is 0 Å². The predicted octanol–water partition coefficient (Wildman–Crippen LogP) is 7.33. The molecule has 0 aliphatic rings. The van der Waals surface area contributed by atoms with Crippen molar-refractivity contribution in [2.24, 2.45) is 0 Å². The summed E-state index contributed by atoms with van der Waals surface area (Å²) >= 11 is 0. The molecule has 0 amide bonds. The first-order valence-electron chi connectivity index (χ1n) is 9.68. The fraction of sp³-hybridized carbons (Fsp3) is 0.0345. The van der Waals surface area contributed by atoms with Crippen molar-refractivity contribution in [3.05, 3.63) is 144 Å². The molecule has 0 heteroatoms. The van der Waals surface area contributed by atoms with E-state index in [1.807, 2.05) is 0 Å². The van der Waals surface area contributed by atoms with Crippen LogP contribution in [0.1, 0.15) is 29.2 Å². The third kappa shape index (κ3) is 5.12. The van der Waals surface area contributed by atoms with Crippen molar-refractivity contribution >= 4 is 11.1 Å². The first kappa shape index (κ1) is 19.9. The Kier molecular flexibility index (Phi) is 7.21. The summed E-state index contributed by atoms with van der Waals surface area (Å²) in [5.74, 6) is 2.25. The maximum absolute atomic E-state index is 4.60. The van der Waals surface area contributed by atoms with Gasteiger partial charge >= 0.3 is 0 Å². The van der Waals surface area contributed by atoms with Gasteiger partial charge in [-0.2, -0.15) is 0 Å². The van der Waals surface area contributed by atoms with E-state index in [1.165, 1.54) is 33.4 Å². The lowest BCUT2D eigenvalue weighted by Gasteiger charge is -2.18. The predicted molar refractivity (Wildman–Crippen MR) is 125 cm³/mol. The van der Waals surface area contributed by atoms with E-state index in [4.69, 9.17) is 0 Å². The first-order valence-corrected chi connectivity index (χ1v) is 9.68. The van der Waals surface area contributed by atoms with Gasteiger partial charge in [0.1, 0.15) is 0 Å². The number of terminal acetylenes is 1. The molecule has 0 unspecified atom stereocenters. The highest BCUT2D eigenvalue weighted by atomic mass is 14.2. The van der Waals surface area contributed by atoms with Crippen molar-refractivity contribution < 1.29 is 0 Å². The average Bonchev–Trinajstić information content (AvgIpc) is 2.80. The molecular weight excluding hydrogens is 348 g/mol. The fourth-order valence-corrected chi connectivity index (χ4v) is 3.33. The number of hydrogen-bond donors (Lipinski definition) is 0. The van der Waals surface area contributed by atoms with Crippen LogP contribution < -0.4 is 0 Å². The molecule has 0 heterocycles. The minimum Gasteiger partial charge on any atom is -0.120 e. The summed E-state index contributed by atoms with van der Waals surface area (Å²) in [6.45, 7) is 1.65. The van der Waals surface area contributed by atoms with Crippen LogP contribution in [0.5, 0.6) is 0 Å². The lowest BCUT2D eigenvalue weighted by Crippen LogP contribution is -1.97. The molecule has 0 aliphatic heterocycles. The molecule has 4 aromatic carbocycles. The van der Waals surface area contributed by atoms with E-state index < -0.39 is 0 Å². The van der Waals surface area contributed by atoms with Gasteiger partial charge in [-0.1, -0.05) is 121 Å². The summed E-state index contributed by atoms with van der Waals surface area (Å²) in [6, 6.07) is 42.6. The third-order valence-electron chi connectivity index (χ3n) is 4.50. The van der Waals surface area contributed by atoms with Crippen LogP contribution >= 0.6 is 0 Å². The largest absolute Gasteiger partial charge is 0.120 e. The summed E-state index contributed by atoms with van der Waals surface area (Å²) in [5.41, 5.74) is 7.40. The van der Waals surface area contributed by atoms with Gasteiger partial charge in [0.05, 0.1) is 0 Å². The molecule has 140 valence electrons. The molecule has 0 bridgehead atoms. The van der Waals surface area contributed by atoms with Gasteiger partial charge < -0.3 is 0 Å². The molecule has 0 fully saturated rings. The van der Waals surface area contributed by atoms with Crippen LogP contribution in [0.2, 0.25) is 0 Å². The van der Waals surface area contributed by atoms with Crippen LogP contribution in [-0.2, 0) is 0 Å². The lowest BCUT2D eigenvalue weighted by molar-refractivity contribution is 1.50. The van der Waals surface area contributed by atoms with Crippen LogP contribution in [0.4, 0.5) is 0 Å². The highest BCUT2D eigenvalue weighted by Gasteiger charge is 2.15. The summed E-state index contributed by atoms with van der Waals surface area (Å²) < 4.78 is 0. The molecule has 0 aliphatic carbocycles.